The largest absolute Gasteiger partial charge is 0.513 e. The van der Waals surface area contributed by atoms with Gasteiger partial charge in [0.25, 0.3) is 0 Å². The molecular weight excluding hydrogens is 420 g/mol. The van der Waals surface area contributed by atoms with Gasteiger partial charge in [-0.1, -0.05) is 0 Å². The Labute approximate surface area is 186 Å². The molecule has 174 valence electrons. The first-order valence-electron chi connectivity index (χ1n) is 10.9. The zero-order chi connectivity index (χ0) is 23.1. The molecule has 1 N–H and O–H groups in total. The number of carbonyl (C=O) groups is 4. The molecular formula is C23H28O9. The van der Waals surface area contributed by atoms with Gasteiger partial charge in [-0.05, 0) is 75.6 Å². The van der Waals surface area contributed by atoms with Crippen molar-refractivity contribution in [1.82, 2.24) is 0 Å². The molecule has 1 aromatic carbocycles. The Hall–Kier alpha value is -3.10. The number of aliphatic carboxylic acids is 1. The number of carbonyl (C=O) groups excluding carboxylic acids is 3. The van der Waals surface area contributed by atoms with E-state index in [1.807, 2.05) is 0 Å². The van der Waals surface area contributed by atoms with Gasteiger partial charge in [0, 0.05) is 0 Å². The number of methoxy groups -OCH3 is 1. The first-order valence-corrected chi connectivity index (χ1v) is 10.9. The fourth-order valence-corrected chi connectivity index (χ4v) is 4.17. The molecule has 9 heteroatoms. The summed E-state index contributed by atoms with van der Waals surface area (Å²) in [7, 11) is 1.21. The number of hydrogen-bond acceptors (Lipinski definition) is 8. The van der Waals surface area contributed by atoms with Crippen LogP contribution in [0.5, 0.6) is 11.5 Å². The minimum Gasteiger partial charge on any atom is -0.481 e. The average Bonchev–Trinajstić information content (AvgIpc) is 2.80. The summed E-state index contributed by atoms with van der Waals surface area (Å²) in [5, 5.41) is 9.06. The molecule has 0 unspecified atom stereocenters. The predicted octanol–water partition coefficient (Wildman–Crippen LogP) is 3.73. The lowest BCUT2D eigenvalue weighted by molar-refractivity contribution is -0.159. The van der Waals surface area contributed by atoms with Crippen LogP contribution in [-0.2, 0) is 23.9 Å². The molecule has 0 spiro atoms. The number of benzene rings is 1. The van der Waals surface area contributed by atoms with Crippen molar-refractivity contribution in [3.63, 3.8) is 0 Å². The summed E-state index contributed by atoms with van der Waals surface area (Å²) in [6.45, 7) is 0. The lowest BCUT2D eigenvalue weighted by Crippen LogP contribution is -2.33. The number of ether oxygens (including phenoxy) is 4. The third-order valence-electron chi connectivity index (χ3n) is 6.11. The fourth-order valence-electron chi connectivity index (χ4n) is 4.17. The Morgan fingerprint density at radius 3 is 1.72 bits per heavy atom. The van der Waals surface area contributed by atoms with Crippen molar-refractivity contribution < 1.29 is 43.2 Å². The van der Waals surface area contributed by atoms with E-state index in [0.29, 0.717) is 57.1 Å². The number of carboxylic acid groups (broad SMARTS) is 1. The summed E-state index contributed by atoms with van der Waals surface area (Å²) < 4.78 is 20.3. The van der Waals surface area contributed by atoms with Gasteiger partial charge in [0.15, 0.2) is 0 Å². The van der Waals surface area contributed by atoms with Gasteiger partial charge in [-0.3, -0.25) is 14.4 Å². The van der Waals surface area contributed by atoms with Gasteiger partial charge in [-0.2, -0.15) is 0 Å². The SMILES string of the molecule is COC(=O)Oc1ccc(OC(=O)C2CCC(OC(=O)C3CCC(C(=O)O)CC3)CC2)cc1. The topological polar surface area (TPSA) is 125 Å². The molecule has 0 aliphatic heterocycles. The van der Waals surface area contributed by atoms with Crippen LogP contribution in [0, 0.1) is 17.8 Å². The van der Waals surface area contributed by atoms with Crippen LogP contribution in [0.2, 0.25) is 0 Å². The molecule has 0 aromatic heterocycles. The van der Waals surface area contributed by atoms with Crippen LogP contribution in [0.4, 0.5) is 4.79 Å². The molecule has 0 bridgehead atoms. The van der Waals surface area contributed by atoms with Gasteiger partial charge in [0.05, 0.1) is 24.9 Å². The third kappa shape index (κ3) is 6.45. The zero-order valence-corrected chi connectivity index (χ0v) is 18.0. The van der Waals surface area contributed by atoms with E-state index in [1.54, 1.807) is 0 Å². The summed E-state index contributed by atoms with van der Waals surface area (Å²) in [4.78, 5) is 47.0. The van der Waals surface area contributed by atoms with E-state index >= 15 is 0 Å². The Bertz CT molecular complexity index is 816. The maximum Gasteiger partial charge on any atom is 0.513 e. The smallest absolute Gasteiger partial charge is 0.481 e. The van der Waals surface area contributed by atoms with E-state index in [0.717, 1.165) is 0 Å². The van der Waals surface area contributed by atoms with Gasteiger partial charge in [0.1, 0.15) is 17.6 Å². The van der Waals surface area contributed by atoms with E-state index in [1.165, 1.54) is 31.4 Å². The molecule has 0 heterocycles. The Morgan fingerprint density at radius 1 is 0.719 bits per heavy atom. The van der Waals surface area contributed by atoms with E-state index in [4.69, 9.17) is 19.3 Å². The molecule has 2 saturated carbocycles. The molecule has 0 radical (unpaired) electrons. The van der Waals surface area contributed by atoms with Crippen LogP contribution in [-0.4, -0.2) is 42.4 Å². The van der Waals surface area contributed by atoms with Crippen LogP contribution in [0.3, 0.4) is 0 Å². The second-order valence-corrected chi connectivity index (χ2v) is 8.25. The molecule has 1 aromatic rings. The summed E-state index contributed by atoms with van der Waals surface area (Å²) in [6.07, 6.45) is 3.33. The van der Waals surface area contributed by atoms with Crippen LogP contribution in [0.1, 0.15) is 51.4 Å². The normalized spacial score (nSPS) is 25.3. The van der Waals surface area contributed by atoms with Gasteiger partial charge in [-0.25, -0.2) is 4.79 Å². The van der Waals surface area contributed by atoms with Gasteiger partial charge >= 0.3 is 24.1 Å². The summed E-state index contributed by atoms with van der Waals surface area (Å²) in [6, 6.07) is 6.06. The van der Waals surface area contributed by atoms with Crippen molar-refractivity contribution in [2.45, 2.75) is 57.5 Å². The van der Waals surface area contributed by atoms with Crippen LogP contribution in [0.25, 0.3) is 0 Å². The van der Waals surface area contributed by atoms with Crippen molar-refractivity contribution in [2.75, 3.05) is 7.11 Å². The van der Waals surface area contributed by atoms with Crippen molar-refractivity contribution in [1.29, 1.82) is 0 Å². The van der Waals surface area contributed by atoms with Crippen LogP contribution >= 0.6 is 0 Å². The molecule has 0 amide bonds. The van der Waals surface area contributed by atoms with Gasteiger partial charge < -0.3 is 24.1 Å². The third-order valence-corrected chi connectivity index (χ3v) is 6.11. The highest BCUT2D eigenvalue weighted by Gasteiger charge is 2.34. The lowest BCUT2D eigenvalue weighted by Gasteiger charge is -2.30. The summed E-state index contributed by atoms with van der Waals surface area (Å²) in [5.41, 5.74) is 0. The summed E-state index contributed by atoms with van der Waals surface area (Å²) >= 11 is 0. The van der Waals surface area contributed by atoms with E-state index < -0.39 is 12.1 Å². The lowest BCUT2D eigenvalue weighted by atomic mass is 9.82. The van der Waals surface area contributed by atoms with E-state index in [9.17, 15) is 19.2 Å². The molecule has 2 aliphatic rings. The molecule has 2 fully saturated rings. The monoisotopic (exact) mass is 448 g/mol. The van der Waals surface area contributed by atoms with Gasteiger partial charge in [-0.15, -0.1) is 0 Å². The van der Waals surface area contributed by atoms with E-state index in [-0.39, 0.29) is 41.5 Å². The second-order valence-electron chi connectivity index (χ2n) is 8.25. The predicted molar refractivity (Wildman–Crippen MR) is 110 cm³/mol. The molecule has 9 nitrogen and oxygen atoms in total. The molecule has 0 saturated heterocycles. The van der Waals surface area contributed by atoms with E-state index in [2.05, 4.69) is 4.74 Å². The highest BCUT2D eigenvalue weighted by molar-refractivity contribution is 5.76. The molecule has 2 aliphatic carbocycles. The maximum absolute atomic E-state index is 12.5. The number of esters is 2. The highest BCUT2D eigenvalue weighted by Crippen LogP contribution is 2.32. The fraction of sp³-hybridized carbons (Fsp3) is 0.565. The Morgan fingerprint density at radius 2 is 1.19 bits per heavy atom. The average molecular weight is 448 g/mol. The Kier molecular flexibility index (Phi) is 8.08. The number of hydrogen-bond donors (Lipinski definition) is 1. The molecule has 32 heavy (non-hydrogen) atoms. The zero-order valence-electron chi connectivity index (χ0n) is 18.0. The quantitative estimate of drug-likeness (QED) is 0.393. The molecule has 3 rings (SSSR count). The summed E-state index contributed by atoms with van der Waals surface area (Å²) in [5.74, 6) is -1.66. The second kappa shape index (κ2) is 11.0. The number of carboxylic acids is 1. The highest BCUT2D eigenvalue weighted by atomic mass is 16.7. The van der Waals surface area contributed by atoms with Crippen molar-refractivity contribution in [2.24, 2.45) is 17.8 Å². The minimum absolute atomic E-state index is 0.224. The van der Waals surface area contributed by atoms with Gasteiger partial charge in [0.2, 0.25) is 0 Å². The number of rotatable bonds is 6. The minimum atomic E-state index is -0.833. The van der Waals surface area contributed by atoms with Crippen molar-refractivity contribution in [3.8, 4) is 11.5 Å². The standard InChI is InChI=1S/C23H28O9/c1-29-23(28)32-19-12-10-18(11-13-19)31-22(27)16-6-8-17(9-7-16)30-21(26)15-4-2-14(3-5-15)20(24)25/h10-17H,2-9H2,1H3,(H,24,25). The maximum atomic E-state index is 12.5. The first-order chi connectivity index (χ1) is 15.4. The molecule has 0 atom stereocenters. The van der Waals surface area contributed by atoms with Crippen LogP contribution < -0.4 is 9.47 Å². The first kappa shape index (κ1) is 23.6. The van der Waals surface area contributed by atoms with Crippen molar-refractivity contribution in [3.05, 3.63) is 24.3 Å². The Balaban J connectivity index is 1.39. The van der Waals surface area contributed by atoms with Crippen LogP contribution in [0.15, 0.2) is 24.3 Å². The van der Waals surface area contributed by atoms with Crippen molar-refractivity contribution >= 4 is 24.1 Å².